The molecule has 1 heterocycles. The van der Waals surface area contributed by atoms with Gasteiger partial charge in [0.15, 0.2) is 0 Å². The SMILES string of the molecule is Cc1noc(C)c1C(C#N)Cc1ccccc1F. The molecule has 0 saturated heterocycles. The van der Waals surface area contributed by atoms with Gasteiger partial charge in [-0.05, 0) is 31.9 Å². The molecule has 0 aliphatic carbocycles. The molecular formula is C14H13FN2O. The number of nitriles is 1. The topological polar surface area (TPSA) is 49.8 Å². The van der Waals surface area contributed by atoms with Crippen molar-refractivity contribution in [1.82, 2.24) is 5.16 Å². The van der Waals surface area contributed by atoms with Gasteiger partial charge in [-0.3, -0.25) is 0 Å². The third-order valence-corrected chi connectivity index (χ3v) is 2.97. The number of benzene rings is 1. The highest BCUT2D eigenvalue weighted by atomic mass is 19.1. The minimum atomic E-state index is -0.437. The van der Waals surface area contributed by atoms with Crippen molar-refractivity contribution in [2.24, 2.45) is 0 Å². The Morgan fingerprint density at radius 3 is 2.67 bits per heavy atom. The molecule has 18 heavy (non-hydrogen) atoms. The van der Waals surface area contributed by atoms with E-state index >= 15 is 0 Å². The molecule has 1 aromatic carbocycles. The smallest absolute Gasteiger partial charge is 0.138 e. The van der Waals surface area contributed by atoms with Crippen LogP contribution < -0.4 is 0 Å². The van der Waals surface area contributed by atoms with E-state index in [1.807, 2.05) is 0 Å². The summed E-state index contributed by atoms with van der Waals surface area (Å²) in [6.45, 7) is 3.55. The van der Waals surface area contributed by atoms with Crippen LogP contribution in [-0.2, 0) is 6.42 Å². The van der Waals surface area contributed by atoms with Gasteiger partial charge in [-0.25, -0.2) is 4.39 Å². The molecule has 0 spiro atoms. The van der Waals surface area contributed by atoms with Gasteiger partial charge < -0.3 is 4.52 Å². The zero-order valence-corrected chi connectivity index (χ0v) is 10.3. The van der Waals surface area contributed by atoms with Crippen molar-refractivity contribution in [3.05, 3.63) is 52.7 Å². The van der Waals surface area contributed by atoms with Gasteiger partial charge in [-0.2, -0.15) is 5.26 Å². The number of hydrogen-bond acceptors (Lipinski definition) is 3. The van der Waals surface area contributed by atoms with Gasteiger partial charge in [-0.15, -0.1) is 0 Å². The van der Waals surface area contributed by atoms with Crippen LogP contribution in [0.15, 0.2) is 28.8 Å². The van der Waals surface area contributed by atoms with Crippen molar-refractivity contribution in [2.75, 3.05) is 0 Å². The van der Waals surface area contributed by atoms with Crippen LogP contribution in [0.25, 0.3) is 0 Å². The van der Waals surface area contributed by atoms with Gasteiger partial charge in [0.25, 0.3) is 0 Å². The summed E-state index contributed by atoms with van der Waals surface area (Å²) in [6, 6.07) is 8.69. The third-order valence-electron chi connectivity index (χ3n) is 2.97. The van der Waals surface area contributed by atoms with E-state index in [0.717, 1.165) is 5.56 Å². The van der Waals surface area contributed by atoms with Gasteiger partial charge in [-0.1, -0.05) is 23.4 Å². The first-order chi connectivity index (χ1) is 8.63. The van der Waals surface area contributed by atoms with Gasteiger partial charge in [0.2, 0.25) is 0 Å². The lowest BCUT2D eigenvalue weighted by Crippen LogP contribution is -2.04. The molecule has 1 unspecified atom stereocenters. The summed E-state index contributed by atoms with van der Waals surface area (Å²) in [5.74, 6) is -0.104. The maximum atomic E-state index is 13.6. The van der Waals surface area contributed by atoms with Gasteiger partial charge in [0.1, 0.15) is 11.6 Å². The van der Waals surface area contributed by atoms with E-state index in [4.69, 9.17) is 4.52 Å². The minimum Gasteiger partial charge on any atom is -0.361 e. The predicted molar refractivity (Wildman–Crippen MR) is 64.4 cm³/mol. The van der Waals surface area contributed by atoms with Crippen LogP contribution in [0.3, 0.4) is 0 Å². The Balaban J connectivity index is 2.32. The van der Waals surface area contributed by atoms with E-state index in [0.29, 0.717) is 23.4 Å². The van der Waals surface area contributed by atoms with Crippen LogP contribution in [0, 0.1) is 31.0 Å². The van der Waals surface area contributed by atoms with Crippen molar-refractivity contribution < 1.29 is 8.91 Å². The molecule has 1 atom stereocenters. The average molecular weight is 244 g/mol. The Morgan fingerprint density at radius 1 is 1.39 bits per heavy atom. The van der Waals surface area contributed by atoms with Crippen molar-refractivity contribution in [2.45, 2.75) is 26.2 Å². The molecule has 0 saturated carbocycles. The second-order valence-corrected chi connectivity index (χ2v) is 4.22. The van der Waals surface area contributed by atoms with E-state index < -0.39 is 5.92 Å². The van der Waals surface area contributed by atoms with Crippen molar-refractivity contribution in [3.63, 3.8) is 0 Å². The van der Waals surface area contributed by atoms with E-state index in [1.54, 1.807) is 32.0 Å². The summed E-state index contributed by atoms with van der Waals surface area (Å²) in [4.78, 5) is 0. The molecule has 3 nitrogen and oxygen atoms in total. The second-order valence-electron chi connectivity index (χ2n) is 4.22. The predicted octanol–water partition coefficient (Wildman–Crippen LogP) is 3.28. The Hall–Kier alpha value is -2.15. The third kappa shape index (κ3) is 2.25. The fraction of sp³-hybridized carbons (Fsp3) is 0.286. The normalized spacial score (nSPS) is 12.1. The first-order valence-electron chi connectivity index (χ1n) is 5.69. The highest BCUT2D eigenvalue weighted by Gasteiger charge is 2.21. The van der Waals surface area contributed by atoms with Gasteiger partial charge in [0, 0.05) is 5.56 Å². The maximum Gasteiger partial charge on any atom is 0.138 e. The molecule has 0 aliphatic rings. The van der Waals surface area contributed by atoms with E-state index in [-0.39, 0.29) is 5.82 Å². The fourth-order valence-electron chi connectivity index (χ4n) is 2.08. The van der Waals surface area contributed by atoms with Crippen LogP contribution in [-0.4, -0.2) is 5.16 Å². The molecule has 0 aliphatic heterocycles. The summed E-state index contributed by atoms with van der Waals surface area (Å²) in [7, 11) is 0. The molecule has 4 heteroatoms. The lowest BCUT2D eigenvalue weighted by Gasteiger charge is -2.09. The van der Waals surface area contributed by atoms with Crippen LogP contribution in [0.1, 0.15) is 28.5 Å². The Bertz CT molecular complexity index is 579. The molecule has 92 valence electrons. The summed E-state index contributed by atoms with van der Waals surface area (Å²) >= 11 is 0. The van der Waals surface area contributed by atoms with E-state index in [1.165, 1.54) is 6.07 Å². The van der Waals surface area contributed by atoms with Crippen LogP contribution >= 0.6 is 0 Å². The van der Waals surface area contributed by atoms with Crippen LogP contribution in [0.4, 0.5) is 4.39 Å². The first kappa shape index (κ1) is 12.3. The Morgan fingerprint density at radius 2 is 2.11 bits per heavy atom. The van der Waals surface area contributed by atoms with Crippen LogP contribution in [0.2, 0.25) is 0 Å². The largest absolute Gasteiger partial charge is 0.361 e. The highest BCUT2D eigenvalue weighted by Crippen LogP contribution is 2.27. The zero-order valence-electron chi connectivity index (χ0n) is 10.3. The number of halogens is 1. The first-order valence-corrected chi connectivity index (χ1v) is 5.69. The molecule has 0 fully saturated rings. The lowest BCUT2D eigenvalue weighted by atomic mass is 9.92. The molecule has 0 amide bonds. The molecular weight excluding hydrogens is 231 g/mol. The molecule has 2 aromatic rings. The summed E-state index contributed by atoms with van der Waals surface area (Å²) < 4.78 is 18.6. The molecule has 0 N–H and O–H groups in total. The quantitative estimate of drug-likeness (QED) is 0.832. The fourth-order valence-corrected chi connectivity index (χ4v) is 2.08. The Labute approximate surface area is 105 Å². The number of aromatic nitrogens is 1. The van der Waals surface area contributed by atoms with Crippen LogP contribution in [0.5, 0.6) is 0 Å². The van der Waals surface area contributed by atoms with Crippen molar-refractivity contribution in [3.8, 4) is 6.07 Å². The monoisotopic (exact) mass is 244 g/mol. The number of nitrogens with zero attached hydrogens (tertiary/aromatic N) is 2. The van der Waals surface area contributed by atoms with E-state index in [9.17, 15) is 9.65 Å². The van der Waals surface area contributed by atoms with Gasteiger partial charge in [0.05, 0.1) is 17.7 Å². The maximum absolute atomic E-state index is 13.6. The molecule has 0 bridgehead atoms. The number of rotatable bonds is 3. The Kier molecular flexibility index (Phi) is 3.42. The van der Waals surface area contributed by atoms with Crippen molar-refractivity contribution in [1.29, 1.82) is 5.26 Å². The zero-order chi connectivity index (χ0) is 13.1. The second kappa shape index (κ2) is 5.01. The number of aryl methyl sites for hydroxylation is 2. The number of hydrogen-bond donors (Lipinski definition) is 0. The average Bonchev–Trinajstić information content (AvgIpc) is 2.69. The summed E-state index contributed by atoms with van der Waals surface area (Å²) in [5, 5.41) is 13.1. The summed E-state index contributed by atoms with van der Waals surface area (Å²) in [5.41, 5.74) is 1.99. The molecule has 0 radical (unpaired) electrons. The molecule has 1 aromatic heterocycles. The standard InChI is InChI=1S/C14H13FN2O/c1-9-14(10(2)18-17-9)12(8-16)7-11-5-3-4-6-13(11)15/h3-6,12H,7H2,1-2H3. The molecule has 2 rings (SSSR count). The highest BCUT2D eigenvalue weighted by molar-refractivity contribution is 5.33. The minimum absolute atomic E-state index is 0.287. The lowest BCUT2D eigenvalue weighted by molar-refractivity contribution is 0.392. The summed E-state index contributed by atoms with van der Waals surface area (Å²) in [6.07, 6.45) is 0.325. The van der Waals surface area contributed by atoms with Gasteiger partial charge >= 0.3 is 0 Å². The van der Waals surface area contributed by atoms with E-state index in [2.05, 4.69) is 11.2 Å². The van der Waals surface area contributed by atoms with Crippen molar-refractivity contribution >= 4 is 0 Å².